The Hall–Kier alpha value is -3.16. The van der Waals surface area contributed by atoms with E-state index in [2.05, 4.69) is 69.1 Å². The second-order valence-corrected chi connectivity index (χ2v) is 9.95. The molecule has 7 heteroatoms. The molecule has 0 amide bonds. The molecule has 0 radical (unpaired) electrons. The summed E-state index contributed by atoms with van der Waals surface area (Å²) in [7, 11) is 4.19. The van der Waals surface area contributed by atoms with Gasteiger partial charge in [0.05, 0.1) is 23.2 Å². The van der Waals surface area contributed by atoms with Crippen LogP contribution in [0.4, 0.5) is 5.82 Å². The van der Waals surface area contributed by atoms with Crippen LogP contribution in [0.5, 0.6) is 0 Å². The minimum absolute atomic E-state index is 0.626. The number of piperidine rings is 1. The minimum atomic E-state index is 0.626. The Kier molecular flexibility index (Phi) is 6.15. The summed E-state index contributed by atoms with van der Waals surface area (Å²) < 4.78 is 2.02. The van der Waals surface area contributed by atoms with Crippen molar-refractivity contribution in [3.63, 3.8) is 0 Å². The summed E-state index contributed by atoms with van der Waals surface area (Å²) in [5, 5.41) is 7.28. The fourth-order valence-corrected chi connectivity index (χ4v) is 5.27. The molecule has 0 saturated carbocycles. The molecule has 0 atom stereocenters. The Morgan fingerprint density at radius 2 is 1.88 bits per heavy atom. The predicted molar refractivity (Wildman–Crippen MR) is 137 cm³/mol. The molecule has 4 heterocycles. The third-order valence-electron chi connectivity index (χ3n) is 6.15. The molecule has 1 aliphatic heterocycles. The van der Waals surface area contributed by atoms with E-state index in [0.717, 1.165) is 57.2 Å². The summed E-state index contributed by atoms with van der Waals surface area (Å²) in [4.78, 5) is 15.8. The quantitative estimate of drug-likeness (QED) is 0.425. The predicted octanol–water partition coefficient (Wildman–Crippen LogP) is 5.30. The van der Waals surface area contributed by atoms with Gasteiger partial charge in [0.15, 0.2) is 0 Å². The first-order valence-electron chi connectivity index (χ1n) is 11.2. The number of thioether (sulfide) groups is 1. The number of pyridine rings is 2. The van der Waals surface area contributed by atoms with Gasteiger partial charge in [0.1, 0.15) is 5.82 Å². The van der Waals surface area contributed by atoms with Crippen molar-refractivity contribution in [2.75, 3.05) is 25.5 Å². The Morgan fingerprint density at radius 1 is 1.03 bits per heavy atom. The van der Waals surface area contributed by atoms with Crippen molar-refractivity contribution in [3.8, 4) is 11.3 Å². The van der Waals surface area contributed by atoms with Crippen molar-refractivity contribution in [2.24, 2.45) is 7.05 Å². The van der Waals surface area contributed by atoms with E-state index in [1.807, 2.05) is 54.4 Å². The van der Waals surface area contributed by atoms with Crippen LogP contribution in [0.15, 0.2) is 72.9 Å². The topological polar surface area (TPSA) is 58.9 Å². The second kappa shape index (κ2) is 9.37. The van der Waals surface area contributed by atoms with Crippen LogP contribution in [0.2, 0.25) is 0 Å². The highest BCUT2D eigenvalue weighted by Gasteiger charge is 2.18. The zero-order valence-electron chi connectivity index (χ0n) is 19.0. The molecule has 1 N–H and O–H groups in total. The number of aryl methyl sites for hydroxylation is 1. The molecule has 3 aromatic heterocycles. The molecule has 4 aromatic rings. The van der Waals surface area contributed by atoms with E-state index < -0.39 is 0 Å². The average molecular weight is 457 g/mol. The lowest BCUT2D eigenvalue weighted by Crippen LogP contribution is -2.31. The smallest absolute Gasteiger partial charge is 0.130 e. The van der Waals surface area contributed by atoms with E-state index in [0.29, 0.717) is 5.25 Å². The lowest BCUT2D eigenvalue weighted by Gasteiger charge is -2.28. The van der Waals surface area contributed by atoms with Crippen LogP contribution in [-0.2, 0) is 7.05 Å². The standard InChI is InChI=1S/C26H28N6S/c1-18(19-6-9-28-26(14-19)33-23-7-10-31(2)11-8-23)30-25-13-22-12-20(4-5-21(22)15-29-25)24-16-27-17-32(24)3/h4-6,9,12-17,23H,1,7-8,10-11H2,2-3H3,(H,29,30). The molecule has 0 unspecified atom stereocenters. The van der Waals surface area contributed by atoms with Gasteiger partial charge >= 0.3 is 0 Å². The highest BCUT2D eigenvalue weighted by molar-refractivity contribution is 7.99. The van der Waals surface area contributed by atoms with Gasteiger partial charge in [-0.15, -0.1) is 11.8 Å². The number of nitrogens with zero attached hydrogens (tertiary/aromatic N) is 5. The number of hydrogen-bond donors (Lipinski definition) is 1. The van der Waals surface area contributed by atoms with Crippen molar-refractivity contribution in [1.29, 1.82) is 0 Å². The number of aromatic nitrogens is 4. The van der Waals surface area contributed by atoms with E-state index in [1.54, 1.807) is 0 Å². The Labute approximate surface area is 198 Å². The minimum Gasteiger partial charge on any atom is -0.340 e. The normalized spacial score (nSPS) is 15.1. The van der Waals surface area contributed by atoms with Crippen LogP contribution in [0, 0.1) is 0 Å². The average Bonchev–Trinajstić information content (AvgIpc) is 3.26. The maximum absolute atomic E-state index is 4.59. The molecular formula is C26H28N6S. The molecule has 1 aliphatic rings. The lowest BCUT2D eigenvalue weighted by atomic mass is 10.1. The lowest BCUT2D eigenvalue weighted by molar-refractivity contribution is 0.282. The van der Waals surface area contributed by atoms with Crippen LogP contribution >= 0.6 is 11.8 Å². The number of imidazole rings is 1. The van der Waals surface area contributed by atoms with Crippen LogP contribution in [-0.4, -0.2) is 49.8 Å². The maximum atomic E-state index is 4.59. The number of nitrogens with one attached hydrogen (secondary N) is 1. The molecule has 0 bridgehead atoms. The van der Waals surface area contributed by atoms with E-state index in [-0.39, 0.29) is 0 Å². The molecule has 6 nitrogen and oxygen atoms in total. The SMILES string of the molecule is C=C(Nc1cc2cc(-c3cncn3C)ccc2cn1)c1ccnc(SC2CCN(C)CC2)c1. The fourth-order valence-electron chi connectivity index (χ4n) is 4.17. The third-order valence-corrected chi connectivity index (χ3v) is 7.42. The number of fused-ring (bicyclic) bond motifs is 1. The summed E-state index contributed by atoms with van der Waals surface area (Å²) >= 11 is 1.88. The molecule has 168 valence electrons. The second-order valence-electron chi connectivity index (χ2n) is 8.63. The first-order chi connectivity index (χ1) is 16.0. The van der Waals surface area contributed by atoms with E-state index in [4.69, 9.17) is 0 Å². The Morgan fingerprint density at radius 3 is 2.67 bits per heavy atom. The third kappa shape index (κ3) is 4.94. The van der Waals surface area contributed by atoms with Crippen molar-refractivity contribution in [1.82, 2.24) is 24.4 Å². The van der Waals surface area contributed by atoms with Gasteiger partial charge in [0, 0.05) is 46.9 Å². The molecule has 1 fully saturated rings. The molecule has 1 aromatic carbocycles. The monoisotopic (exact) mass is 456 g/mol. The summed E-state index contributed by atoms with van der Waals surface area (Å²) in [5.41, 5.74) is 4.06. The summed E-state index contributed by atoms with van der Waals surface area (Å²) in [6, 6.07) is 12.6. The summed E-state index contributed by atoms with van der Waals surface area (Å²) in [5.74, 6) is 0.774. The van der Waals surface area contributed by atoms with Gasteiger partial charge in [-0.2, -0.15) is 0 Å². The molecule has 5 rings (SSSR count). The number of rotatable bonds is 6. The maximum Gasteiger partial charge on any atom is 0.130 e. The molecule has 33 heavy (non-hydrogen) atoms. The summed E-state index contributed by atoms with van der Waals surface area (Å²) in [6.07, 6.45) is 9.87. The Balaban J connectivity index is 1.32. The first-order valence-corrected chi connectivity index (χ1v) is 12.1. The fraction of sp³-hybridized carbons (Fsp3) is 0.269. The number of benzene rings is 1. The summed E-state index contributed by atoms with van der Waals surface area (Å²) in [6.45, 7) is 6.57. The van der Waals surface area contributed by atoms with Gasteiger partial charge in [0.2, 0.25) is 0 Å². The largest absolute Gasteiger partial charge is 0.340 e. The van der Waals surface area contributed by atoms with Crippen LogP contribution in [0.3, 0.4) is 0 Å². The highest BCUT2D eigenvalue weighted by Crippen LogP contribution is 2.30. The van der Waals surface area contributed by atoms with Crippen LogP contribution in [0.25, 0.3) is 27.7 Å². The number of hydrogen-bond acceptors (Lipinski definition) is 6. The van der Waals surface area contributed by atoms with E-state index in [1.165, 1.54) is 12.8 Å². The van der Waals surface area contributed by atoms with E-state index in [9.17, 15) is 0 Å². The Bertz CT molecular complexity index is 1290. The van der Waals surface area contributed by atoms with Gasteiger partial charge in [-0.05, 0) is 62.6 Å². The van der Waals surface area contributed by atoms with Gasteiger partial charge in [-0.3, -0.25) is 0 Å². The molecule has 0 aliphatic carbocycles. The van der Waals surface area contributed by atoms with Gasteiger partial charge < -0.3 is 14.8 Å². The highest BCUT2D eigenvalue weighted by atomic mass is 32.2. The van der Waals surface area contributed by atoms with Gasteiger partial charge in [-0.1, -0.05) is 18.7 Å². The van der Waals surface area contributed by atoms with Gasteiger partial charge in [0.25, 0.3) is 0 Å². The number of likely N-dealkylation sites (tertiary alicyclic amines) is 1. The van der Waals surface area contributed by atoms with Crippen LogP contribution in [0.1, 0.15) is 18.4 Å². The molecular weight excluding hydrogens is 428 g/mol. The van der Waals surface area contributed by atoms with E-state index >= 15 is 0 Å². The van der Waals surface area contributed by atoms with Crippen molar-refractivity contribution < 1.29 is 0 Å². The first kappa shape index (κ1) is 21.7. The van der Waals surface area contributed by atoms with Crippen LogP contribution < -0.4 is 5.32 Å². The van der Waals surface area contributed by atoms with Crippen molar-refractivity contribution >= 4 is 34.0 Å². The van der Waals surface area contributed by atoms with Crippen molar-refractivity contribution in [3.05, 3.63) is 73.5 Å². The molecule has 0 spiro atoms. The number of anilines is 1. The van der Waals surface area contributed by atoms with Crippen molar-refractivity contribution in [2.45, 2.75) is 23.1 Å². The molecule has 1 saturated heterocycles. The van der Waals surface area contributed by atoms with Gasteiger partial charge in [-0.25, -0.2) is 15.0 Å². The zero-order chi connectivity index (χ0) is 22.8. The zero-order valence-corrected chi connectivity index (χ0v) is 19.8.